The number of methoxy groups -OCH3 is 1. The first kappa shape index (κ1) is 22.1. The fourth-order valence-corrected chi connectivity index (χ4v) is 6.97. The predicted molar refractivity (Wildman–Crippen MR) is 116 cm³/mol. The number of likely N-dealkylation sites (tertiary alicyclic amines) is 1. The van der Waals surface area contributed by atoms with Gasteiger partial charge in [0.05, 0.1) is 18.8 Å². The second-order valence-corrected chi connectivity index (χ2v) is 11.2. The van der Waals surface area contributed by atoms with Crippen LogP contribution in [-0.2, 0) is 14.8 Å². The largest absolute Gasteiger partial charge is 0.497 e. The number of rotatable bonds is 4. The molecule has 9 heteroatoms. The highest BCUT2D eigenvalue weighted by Crippen LogP contribution is 2.62. The van der Waals surface area contributed by atoms with Gasteiger partial charge in [-0.05, 0) is 55.2 Å². The normalized spacial score (nSPS) is 27.8. The summed E-state index contributed by atoms with van der Waals surface area (Å²) in [6, 6.07) is 7.17. The van der Waals surface area contributed by atoms with Crippen molar-refractivity contribution in [2.75, 3.05) is 46.6 Å². The lowest BCUT2D eigenvalue weighted by atomic mass is 9.65. The fraction of sp³-hybridized carbons (Fsp3) is 0.636. The number of sulfonamides is 1. The van der Waals surface area contributed by atoms with E-state index in [0.717, 1.165) is 19.3 Å². The van der Waals surface area contributed by atoms with E-state index in [0.29, 0.717) is 37.4 Å². The Bertz CT molecular complexity index is 987. The maximum Gasteiger partial charge on any atom is 0.253 e. The Morgan fingerprint density at radius 2 is 1.87 bits per heavy atom. The van der Waals surface area contributed by atoms with E-state index >= 15 is 0 Å². The average Bonchev–Trinajstić information content (AvgIpc) is 3.31. The zero-order valence-electron chi connectivity index (χ0n) is 18.4. The van der Waals surface area contributed by atoms with Crippen molar-refractivity contribution in [2.45, 2.75) is 25.7 Å². The summed E-state index contributed by atoms with van der Waals surface area (Å²) in [5.74, 6) is 0.546. The molecule has 2 atom stereocenters. The van der Waals surface area contributed by atoms with E-state index in [4.69, 9.17) is 4.74 Å². The second-order valence-electron chi connectivity index (χ2n) is 9.23. The van der Waals surface area contributed by atoms with Crippen molar-refractivity contribution in [3.05, 3.63) is 29.8 Å². The molecule has 3 fully saturated rings. The van der Waals surface area contributed by atoms with Crippen LogP contribution in [0.25, 0.3) is 0 Å². The highest BCUT2D eigenvalue weighted by atomic mass is 32.2. The first-order valence-electron chi connectivity index (χ1n) is 10.8. The van der Waals surface area contributed by atoms with Crippen molar-refractivity contribution < 1.29 is 22.7 Å². The van der Waals surface area contributed by atoms with Gasteiger partial charge in [-0.25, -0.2) is 12.7 Å². The van der Waals surface area contributed by atoms with Crippen molar-refractivity contribution in [1.29, 1.82) is 0 Å². The minimum absolute atomic E-state index is 0.0199. The molecule has 2 aliphatic heterocycles. The lowest BCUT2D eigenvalue weighted by Crippen LogP contribution is -2.49. The Balaban J connectivity index is 1.54. The molecule has 0 radical (unpaired) electrons. The van der Waals surface area contributed by atoms with E-state index in [-0.39, 0.29) is 29.7 Å². The Morgan fingerprint density at radius 1 is 1.16 bits per heavy atom. The van der Waals surface area contributed by atoms with Crippen LogP contribution in [0.2, 0.25) is 0 Å². The molecule has 1 N–H and O–H groups in total. The van der Waals surface area contributed by atoms with Crippen LogP contribution in [0.15, 0.2) is 24.3 Å². The number of benzene rings is 1. The van der Waals surface area contributed by atoms with Crippen LogP contribution in [0, 0.1) is 16.7 Å². The highest BCUT2D eigenvalue weighted by Gasteiger charge is 2.65. The number of piperidine rings is 1. The molecule has 1 saturated carbocycles. The zero-order valence-corrected chi connectivity index (χ0v) is 19.2. The molecule has 0 unspecified atom stereocenters. The van der Waals surface area contributed by atoms with Gasteiger partial charge in [0.25, 0.3) is 5.91 Å². The molecule has 170 valence electrons. The molecule has 4 rings (SSSR count). The quantitative estimate of drug-likeness (QED) is 0.748. The standard InChI is InChI=1S/C22H31N3O5S/c1-23-20(27)22-8-7-21(18(22)14-25(15-22)31(3,28)29)9-11-24(12-10-21)19(26)16-5-4-6-17(13-16)30-2/h4-6,13,18H,7-12,14-15H2,1-3H3,(H,23,27)/t18-,22+/m0/s1. The number of nitrogens with zero attached hydrogens (tertiary/aromatic N) is 2. The van der Waals surface area contributed by atoms with E-state index < -0.39 is 15.4 Å². The summed E-state index contributed by atoms with van der Waals surface area (Å²) in [6.07, 6.45) is 4.36. The monoisotopic (exact) mass is 449 g/mol. The SMILES string of the molecule is CNC(=O)[C@@]12CCC3(CCN(C(=O)c4cccc(OC)c4)CC3)[C@@H]1CN(S(C)(=O)=O)C2. The van der Waals surface area contributed by atoms with Crippen LogP contribution < -0.4 is 10.1 Å². The van der Waals surface area contributed by atoms with E-state index in [9.17, 15) is 18.0 Å². The van der Waals surface area contributed by atoms with Gasteiger partial charge in [-0.15, -0.1) is 0 Å². The molecular weight excluding hydrogens is 418 g/mol. The van der Waals surface area contributed by atoms with Crippen molar-refractivity contribution in [3.8, 4) is 5.75 Å². The number of ether oxygens (including phenoxy) is 1. The topological polar surface area (TPSA) is 96.0 Å². The van der Waals surface area contributed by atoms with Crippen LogP contribution >= 0.6 is 0 Å². The summed E-state index contributed by atoms with van der Waals surface area (Å²) in [7, 11) is -0.169. The molecule has 0 aromatic heterocycles. The second kappa shape index (κ2) is 7.78. The van der Waals surface area contributed by atoms with E-state index in [1.165, 1.54) is 10.6 Å². The lowest BCUT2D eigenvalue weighted by molar-refractivity contribution is -0.132. The van der Waals surface area contributed by atoms with Gasteiger partial charge in [0, 0.05) is 38.8 Å². The first-order valence-corrected chi connectivity index (χ1v) is 12.6. The maximum absolute atomic E-state index is 13.0. The van der Waals surface area contributed by atoms with Gasteiger partial charge in [-0.3, -0.25) is 9.59 Å². The molecule has 31 heavy (non-hydrogen) atoms. The van der Waals surface area contributed by atoms with Gasteiger partial charge >= 0.3 is 0 Å². The molecule has 1 aromatic carbocycles. The third-order valence-corrected chi connectivity index (χ3v) is 9.05. The van der Waals surface area contributed by atoms with Gasteiger partial charge in [0.1, 0.15) is 5.75 Å². The van der Waals surface area contributed by atoms with Gasteiger partial charge in [0.15, 0.2) is 0 Å². The summed E-state index contributed by atoms with van der Waals surface area (Å²) in [6.45, 7) is 1.85. The Kier molecular flexibility index (Phi) is 5.54. The van der Waals surface area contributed by atoms with E-state index in [1.54, 1.807) is 26.3 Å². The number of carbonyl (C=O) groups excluding carboxylic acids is 2. The molecular formula is C22H31N3O5S. The number of carbonyl (C=O) groups is 2. The number of nitrogens with one attached hydrogen (secondary N) is 1. The smallest absolute Gasteiger partial charge is 0.253 e. The molecule has 2 amide bonds. The minimum Gasteiger partial charge on any atom is -0.497 e. The molecule has 2 heterocycles. The number of hydrogen-bond donors (Lipinski definition) is 1. The van der Waals surface area contributed by atoms with Crippen molar-refractivity contribution in [1.82, 2.24) is 14.5 Å². The van der Waals surface area contributed by atoms with E-state index in [1.807, 2.05) is 17.0 Å². The molecule has 1 aliphatic carbocycles. The van der Waals surface area contributed by atoms with Gasteiger partial charge in [-0.1, -0.05) is 6.07 Å². The third-order valence-electron chi connectivity index (χ3n) is 7.83. The average molecular weight is 450 g/mol. The Morgan fingerprint density at radius 3 is 2.48 bits per heavy atom. The number of fused-ring (bicyclic) bond motifs is 2. The Labute approximate surface area is 184 Å². The lowest BCUT2D eigenvalue weighted by Gasteiger charge is -2.44. The fourth-order valence-electron chi connectivity index (χ4n) is 6.08. The van der Waals surface area contributed by atoms with Gasteiger partial charge in [-0.2, -0.15) is 0 Å². The van der Waals surface area contributed by atoms with Crippen molar-refractivity contribution in [3.63, 3.8) is 0 Å². The summed E-state index contributed by atoms with van der Waals surface area (Å²) < 4.78 is 31.3. The Hall–Kier alpha value is -2.13. The summed E-state index contributed by atoms with van der Waals surface area (Å²) >= 11 is 0. The van der Waals surface area contributed by atoms with Crippen molar-refractivity contribution in [2.24, 2.45) is 16.7 Å². The summed E-state index contributed by atoms with van der Waals surface area (Å²) in [4.78, 5) is 27.8. The summed E-state index contributed by atoms with van der Waals surface area (Å²) in [5, 5.41) is 2.79. The molecule has 3 aliphatic rings. The van der Waals surface area contributed by atoms with Crippen LogP contribution in [-0.4, -0.2) is 76.0 Å². The van der Waals surface area contributed by atoms with Crippen LogP contribution in [0.3, 0.4) is 0 Å². The molecule has 1 aromatic rings. The van der Waals surface area contributed by atoms with Crippen LogP contribution in [0.1, 0.15) is 36.0 Å². The third kappa shape index (κ3) is 3.61. The van der Waals surface area contributed by atoms with Crippen molar-refractivity contribution >= 4 is 21.8 Å². The molecule has 1 spiro atoms. The minimum atomic E-state index is -3.37. The summed E-state index contributed by atoms with van der Waals surface area (Å²) in [5.41, 5.74) is -0.181. The maximum atomic E-state index is 13.0. The highest BCUT2D eigenvalue weighted by molar-refractivity contribution is 7.88. The van der Waals surface area contributed by atoms with Gasteiger partial charge in [0.2, 0.25) is 15.9 Å². The zero-order chi connectivity index (χ0) is 22.4. The molecule has 0 bridgehead atoms. The first-order chi connectivity index (χ1) is 14.6. The van der Waals surface area contributed by atoms with Crippen LogP contribution in [0.4, 0.5) is 0 Å². The van der Waals surface area contributed by atoms with E-state index in [2.05, 4.69) is 5.32 Å². The number of hydrogen-bond acceptors (Lipinski definition) is 5. The van der Waals surface area contributed by atoms with Gasteiger partial charge < -0.3 is 15.0 Å². The van der Waals surface area contributed by atoms with Crippen LogP contribution in [0.5, 0.6) is 5.75 Å². The molecule has 8 nitrogen and oxygen atoms in total. The molecule has 2 saturated heterocycles. The predicted octanol–water partition coefficient (Wildman–Crippen LogP) is 1.34. The number of amides is 2.